The molecule has 0 radical (unpaired) electrons. The van der Waals surface area contributed by atoms with Gasteiger partial charge in [-0.05, 0) is 49.1 Å². The number of hydrogen-bond acceptors (Lipinski definition) is 4. The van der Waals surface area contributed by atoms with Gasteiger partial charge in [0.1, 0.15) is 0 Å². The lowest BCUT2D eigenvalue weighted by atomic mass is 10.0. The van der Waals surface area contributed by atoms with E-state index < -0.39 is 0 Å². The quantitative estimate of drug-likeness (QED) is 0.396. The maximum absolute atomic E-state index is 6.77. The smallest absolute Gasteiger partial charge is 0.0754 e. The molecular formula is C28H33ClN4. The monoisotopic (exact) mass is 460 g/mol. The van der Waals surface area contributed by atoms with E-state index in [-0.39, 0.29) is 0 Å². The van der Waals surface area contributed by atoms with Gasteiger partial charge >= 0.3 is 0 Å². The van der Waals surface area contributed by atoms with Crippen LogP contribution in [0, 0.1) is 6.92 Å². The molecule has 1 aliphatic rings. The van der Waals surface area contributed by atoms with E-state index in [0.29, 0.717) is 5.69 Å². The number of unbranched alkanes of at least 4 members (excludes halogenated alkanes) is 1. The van der Waals surface area contributed by atoms with Crippen molar-refractivity contribution in [2.24, 2.45) is 0 Å². The van der Waals surface area contributed by atoms with Crippen LogP contribution in [0.4, 0.5) is 5.69 Å². The molecule has 33 heavy (non-hydrogen) atoms. The van der Waals surface area contributed by atoms with Gasteiger partial charge in [0, 0.05) is 54.2 Å². The van der Waals surface area contributed by atoms with Gasteiger partial charge in [-0.3, -0.25) is 0 Å². The molecule has 0 unspecified atom stereocenters. The molecule has 1 fully saturated rings. The second-order valence-electron chi connectivity index (χ2n) is 8.85. The molecule has 2 N–H and O–H groups in total. The number of hydrogen-bond donors (Lipinski definition) is 1. The Balaban J connectivity index is 1.57. The fraction of sp³-hybridized carbons (Fsp3) is 0.321. The highest BCUT2D eigenvalue weighted by Crippen LogP contribution is 2.35. The van der Waals surface area contributed by atoms with E-state index in [4.69, 9.17) is 22.3 Å². The van der Waals surface area contributed by atoms with Crippen LogP contribution in [-0.4, -0.2) is 41.0 Å². The van der Waals surface area contributed by atoms with E-state index >= 15 is 0 Å². The Bertz CT molecular complexity index is 1190. The minimum absolute atomic E-state index is 0.712. The van der Waals surface area contributed by atoms with Crippen LogP contribution >= 0.6 is 11.6 Å². The van der Waals surface area contributed by atoms with Gasteiger partial charge < -0.3 is 15.5 Å². The summed E-state index contributed by atoms with van der Waals surface area (Å²) >= 11 is 6.77. The minimum Gasteiger partial charge on any atom is -0.399 e. The van der Waals surface area contributed by atoms with Crippen molar-refractivity contribution in [2.75, 3.05) is 31.9 Å². The first-order chi connectivity index (χ1) is 15.9. The summed E-state index contributed by atoms with van der Waals surface area (Å²) in [6, 6.07) is 14.0. The van der Waals surface area contributed by atoms with Crippen LogP contribution < -0.4 is 5.73 Å². The van der Waals surface area contributed by atoms with E-state index in [9.17, 15) is 0 Å². The molecular weight excluding hydrogens is 428 g/mol. The topological polar surface area (TPSA) is 45.4 Å². The molecule has 0 spiro atoms. The molecule has 0 amide bonds. The molecule has 0 aliphatic carbocycles. The predicted molar refractivity (Wildman–Crippen MR) is 142 cm³/mol. The predicted octanol–water partition coefficient (Wildman–Crippen LogP) is 6.74. The maximum Gasteiger partial charge on any atom is 0.0754 e. The number of nitrogens with zero attached hydrogens (tertiary/aromatic N) is 3. The number of aromatic nitrogens is 1. The number of rotatable bonds is 7. The van der Waals surface area contributed by atoms with Crippen molar-refractivity contribution in [1.29, 1.82) is 0 Å². The summed E-state index contributed by atoms with van der Waals surface area (Å²) in [6.45, 7) is 16.8. The summed E-state index contributed by atoms with van der Waals surface area (Å²) in [5.41, 5.74) is 13.7. The van der Waals surface area contributed by atoms with Gasteiger partial charge in [0.15, 0.2) is 0 Å². The highest BCUT2D eigenvalue weighted by Gasteiger charge is 2.20. The Morgan fingerprint density at radius 1 is 1.06 bits per heavy atom. The Morgan fingerprint density at radius 3 is 2.48 bits per heavy atom. The van der Waals surface area contributed by atoms with Crippen LogP contribution in [0.15, 0.2) is 61.3 Å². The number of nitrogen functional groups attached to an aromatic ring is 1. The number of anilines is 1. The molecule has 0 bridgehead atoms. The first kappa shape index (κ1) is 23.2. The number of benzene rings is 2. The summed E-state index contributed by atoms with van der Waals surface area (Å²) in [7, 11) is 0. The molecule has 2 heterocycles. The third kappa shape index (κ3) is 4.86. The second-order valence-corrected chi connectivity index (χ2v) is 9.23. The molecule has 172 valence electrons. The SMILES string of the molecule is C=C(CCCC)N1CCN(C(=C)c2ccc3c(Cl)c(C)c(-c4cccc(N)c4)nc3c2)CC1. The number of pyridine rings is 1. The standard InChI is InChI=1S/C28H33ClN4/c1-5-6-8-19(2)32-13-15-33(16-14-32)21(4)22-11-12-25-26(18-22)31-28(20(3)27(25)29)23-9-7-10-24(30)17-23/h7,9-12,17-18H,2,4-6,8,13-16,30H2,1,3H3. The van der Waals surface area contributed by atoms with Crippen LogP contribution in [-0.2, 0) is 0 Å². The molecule has 4 nitrogen and oxygen atoms in total. The van der Waals surface area contributed by atoms with Gasteiger partial charge in [-0.2, -0.15) is 0 Å². The Labute approximate surface area is 202 Å². The van der Waals surface area contributed by atoms with Crippen LogP contribution in [0.1, 0.15) is 37.3 Å². The third-order valence-corrected chi connectivity index (χ3v) is 7.06. The number of halogens is 1. The number of fused-ring (bicyclic) bond motifs is 1. The summed E-state index contributed by atoms with van der Waals surface area (Å²) in [5, 5.41) is 1.68. The lowest BCUT2D eigenvalue weighted by Gasteiger charge is -2.39. The summed E-state index contributed by atoms with van der Waals surface area (Å²) < 4.78 is 0. The third-order valence-electron chi connectivity index (χ3n) is 6.57. The van der Waals surface area contributed by atoms with Crippen molar-refractivity contribution in [2.45, 2.75) is 33.1 Å². The zero-order valence-electron chi connectivity index (χ0n) is 19.7. The van der Waals surface area contributed by atoms with Crippen molar-refractivity contribution in [3.63, 3.8) is 0 Å². The number of allylic oxidation sites excluding steroid dienone is 1. The van der Waals surface area contributed by atoms with E-state index in [1.54, 1.807) is 0 Å². The van der Waals surface area contributed by atoms with Gasteiger partial charge in [-0.15, -0.1) is 0 Å². The molecule has 2 aromatic carbocycles. The fourth-order valence-electron chi connectivity index (χ4n) is 4.48. The normalized spacial score (nSPS) is 14.0. The first-order valence-corrected chi connectivity index (χ1v) is 12.1. The summed E-state index contributed by atoms with van der Waals surface area (Å²) in [5.74, 6) is 0. The summed E-state index contributed by atoms with van der Waals surface area (Å²) in [4.78, 5) is 9.76. The zero-order chi connectivity index (χ0) is 23.5. The first-order valence-electron chi connectivity index (χ1n) is 11.7. The molecule has 1 saturated heterocycles. The molecule has 5 heteroatoms. The molecule has 1 aliphatic heterocycles. The van der Waals surface area contributed by atoms with Gasteiger partial charge in [-0.25, -0.2) is 4.98 Å². The van der Waals surface area contributed by atoms with E-state index in [2.05, 4.69) is 48.1 Å². The van der Waals surface area contributed by atoms with E-state index in [1.165, 1.54) is 18.5 Å². The van der Waals surface area contributed by atoms with Crippen molar-refractivity contribution >= 4 is 33.9 Å². The van der Waals surface area contributed by atoms with Gasteiger partial charge in [0.25, 0.3) is 0 Å². The van der Waals surface area contributed by atoms with Crippen molar-refractivity contribution in [3.8, 4) is 11.3 Å². The zero-order valence-corrected chi connectivity index (χ0v) is 20.5. The molecule has 4 rings (SSSR count). The van der Waals surface area contributed by atoms with Crippen LogP contribution in [0.3, 0.4) is 0 Å². The number of piperazine rings is 1. The molecule has 1 aromatic heterocycles. The van der Waals surface area contributed by atoms with Gasteiger partial charge in [-0.1, -0.05) is 62.4 Å². The lowest BCUT2D eigenvalue weighted by Crippen LogP contribution is -2.44. The highest BCUT2D eigenvalue weighted by molar-refractivity contribution is 6.36. The number of nitrogens with two attached hydrogens (primary N) is 1. The van der Waals surface area contributed by atoms with Crippen LogP contribution in [0.2, 0.25) is 5.02 Å². The second kappa shape index (κ2) is 9.88. The fourth-order valence-corrected chi connectivity index (χ4v) is 4.73. The molecule has 0 saturated carbocycles. The molecule has 3 aromatic rings. The minimum atomic E-state index is 0.712. The van der Waals surface area contributed by atoms with E-state index in [0.717, 1.165) is 76.6 Å². The van der Waals surface area contributed by atoms with Crippen molar-refractivity contribution in [3.05, 3.63) is 77.5 Å². The Morgan fingerprint density at radius 2 is 1.79 bits per heavy atom. The van der Waals surface area contributed by atoms with Crippen LogP contribution in [0.25, 0.3) is 27.9 Å². The molecule has 0 atom stereocenters. The van der Waals surface area contributed by atoms with Crippen molar-refractivity contribution < 1.29 is 0 Å². The Kier molecular flexibility index (Phi) is 6.94. The average Bonchev–Trinajstić information content (AvgIpc) is 2.84. The largest absolute Gasteiger partial charge is 0.399 e. The maximum atomic E-state index is 6.77. The van der Waals surface area contributed by atoms with Gasteiger partial charge in [0.05, 0.1) is 16.2 Å². The average molecular weight is 461 g/mol. The van der Waals surface area contributed by atoms with Crippen LogP contribution in [0.5, 0.6) is 0 Å². The van der Waals surface area contributed by atoms with Crippen molar-refractivity contribution in [1.82, 2.24) is 14.8 Å². The summed E-state index contributed by atoms with van der Waals surface area (Å²) in [6.07, 6.45) is 3.49. The van der Waals surface area contributed by atoms with Gasteiger partial charge in [0.2, 0.25) is 0 Å². The Hall–Kier alpha value is -2.98. The lowest BCUT2D eigenvalue weighted by molar-refractivity contribution is 0.209. The van der Waals surface area contributed by atoms with E-state index in [1.807, 2.05) is 31.2 Å². The highest BCUT2D eigenvalue weighted by atomic mass is 35.5.